The molecule has 0 bridgehead atoms. The normalized spacial score (nSPS) is 19.8. The largest absolute Gasteiger partial charge is 0.493 e. The van der Waals surface area contributed by atoms with Gasteiger partial charge in [-0.15, -0.1) is 0 Å². The van der Waals surface area contributed by atoms with Gasteiger partial charge in [0.25, 0.3) is 0 Å². The molecule has 1 saturated carbocycles. The van der Waals surface area contributed by atoms with Crippen molar-refractivity contribution in [3.8, 4) is 11.6 Å². The molecule has 5 rings (SSSR count). The molecule has 3 N–H and O–H groups in total. The fraction of sp³-hybridized carbons (Fsp3) is 0.562. The Labute approximate surface area is 264 Å². The van der Waals surface area contributed by atoms with Crippen LogP contribution in [0.25, 0.3) is 16.7 Å². The summed E-state index contributed by atoms with van der Waals surface area (Å²) in [5, 5.41) is 4.39. The lowest BCUT2D eigenvalue weighted by molar-refractivity contribution is -0.157. The molecule has 1 saturated heterocycles. The number of nitrogens with two attached hydrogens (primary N) is 1. The Morgan fingerprint density at radius 1 is 1.07 bits per heavy atom. The molecule has 1 aliphatic carbocycles. The number of hydrogen-bond donors (Lipinski definition) is 2. The fourth-order valence-corrected chi connectivity index (χ4v) is 6.59. The van der Waals surface area contributed by atoms with Crippen molar-refractivity contribution < 1.29 is 27.5 Å². The zero-order chi connectivity index (χ0) is 32.2. The predicted molar refractivity (Wildman–Crippen MR) is 172 cm³/mol. The van der Waals surface area contributed by atoms with E-state index in [4.69, 9.17) is 20.2 Å². The Bertz CT molecular complexity index is 1600. The number of ether oxygens (including phenoxy) is 2. The summed E-state index contributed by atoms with van der Waals surface area (Å²) in [6.45, 7) is 4.76. The molecular formula is C32H44N6O6S. The van der Waals surface area contributed by atoms with Crippen LogP contribution in [0.15, 0.2) is 42.7 Å². The fourth-order valence-electron chi connectivity index (χ4n) is 5.94. The third kappa shape index (κ3) is 8.51. The van der Waals surface area contributed by atoms with E-state index in [0.717, 1.165) is 36.6 Å². The Hall–Kier alpha value is -3.71. The van der Waals surface area contributed by atoms with Gasteiger partial charge in [0.15, 0.2) is 0 Å². The van der Waals surface area contributed by atoms with Crippen LogP contribution >= 0.6 is 0 Å². The molecule has 2 aliphatic rings. The molecule has 45 heavy (non-hydrogen) atoms. The molecule has 1 aromatic carbocycles. The van der Waals surface area contributed by atoms with Crippen molar-refractivity contribution in [1.82, 2.24) is 19.4 Å². The number of esters is 1. The molecule has 1 aliphatic heterocycles. The quantitative estimate of drug-likeness (QED) is 0.235. The number of hydrogen-bond acceptors (Lipinski definition) is 10. The van der Waals surface area contributed by atoms with Gasteiger partial charge < -0.3 is 30.0 Å². The number of rotatable bonds is 11. The van der Waals surface area contributed by atoms with Crippen molar-refractivity contribution in [1.29, 1.82) is 0 Å². The van der Waals surface area contributed by atoms with Crippen LogP contribution < -0.4 is 15.8 Å². The van der Waals surface area contributed by atoms with Crippen LogP contribution in [0.1, 0.15) is 58.8 Å². The first-order chi connectivity index (χ1) is 21.4. The van der Waals surface area contributed by atoms with Crippen molar-refractivity contribution in [2.24, 2.45) is 11.7 Å². The van der Waals surface area contributed by atoms with Crippen LogP contribution in [-0.2, 0) is 24.2 Å². The number of carbonyl (C=O) groups is 2. The second-order valence-electron chi connectivity index (χ2n) is 12.8. The van der Waals surface area contributed by atoms with E-state index < -0.39 is 21.3 Å². The topological polar surface area (TPSA) is 159 Å². The van der Waals surface area contributed by atoms with Crippen molar-refractivity contribution in [3.05, 3.63) is 42.7 Å². The van der Waals surface area contributed by atoms with Gasteiger partial charge in [-0.1, -0.05) is 6.07 Å². The Morgan fingerprint density at radius 3 is 2.49 bits per heavy atom. The van der Waals surface area contributed by atoms with Crippen molar-refractivity contribution >= 4 is 38.6 Å². The highest BCUT2D eigenvalue weighted by Crippen LogP contribution is 2.31. The van der Waals surface area contributed by atoms with Gasteiger partial charge >= 0.3 is 5.97 Å². The number of fused-ring (bicyclic) bond motifs is 1. The maximum atomic E-state index is 13.2. The van der Waals surface area contributed by atoms with E-state index in [2.05, 4.69) is 10.3 Å². The number of aromatic nitrogens is 3. The average molecular weight is 641 g/mol. The summed E-state index contributed by atoms with van der Waals surface area (Å²) in [6, 6.07) is 9.75. The summed E-state index contributed by atoms with van der Waals surface area (Å²) in [4.78, 5) is 36.5. The van der Waals surface area contributed by atoms with Gasteiger partial charge in [-0.25, -0.2) is 13.4 Å². The van der Waals surface area contributed by atoms with Gasteiger partial charge in [-0.2, -0.15) is 4.98 Å². The van der Waals surface area contributed by atoms with Gasteiger partial charge in [0.05, 0.1) is 17.9 Å². The molecule has 0 spiro atoms. The average Bonchev–Trinajstić information content (AvgIpc) is 3.44. The van der Waals surface area contributed by atoms with Crippen molar-refractivity contribution in [2.45, 2.75) is 76.5 Å². The number of amides is 1. The molecular weight excluding hydrogens is 596 g/mol. The SMILES string of the molecule is CC(C)(N)C(=O)OC1CCN(C(=O)[C@H]2CC[C@H](Nc3nccc(-n4ccc5c(OCCCS(C)(=O)=O)cccc54)n3)CC2)CC1. The van der Waals surface area contributed by atoms with Gasteiger partial charge in [0.2, 0.25) is 11.9 Å². The van der Waals surface area contributed by atoms with Gasteiger partial charge in [-0.05, 0) is 70.2 Å². The van der Waals surface area contributed by atoms with Gasteiger partial charge in [-0.3, -0.25) is 9.59 Å². The number of sulfone groups is 1. The molecule has 13 heteroatoms. The van der Waals surface area contributed by atoms with Crippen LogP contribution in [0.2, 0.25) is 0 Å². The van der Waals surface area contributed by atoms with E-state index >= 15 is 0 Å². The lowest BCUT2D eigenvalue weighted by Gasteiger charge is -2.36. The van der Waals surface area contributed by atoms with Crippen LogP contribution in [0.3, 0.4) is 0 Å². The molecule has 0 radical (unpaired) electrons. The monoisotopic (exact) mass is 640 g/mol. The van der Waals surface area contributed by atoms with Crippen LogP contribution in [-0.4, -0.2) is 89.1 Å². The maximum absolute atomic E-state index is 13.2. The van der Waals surface area contributed by atoms with Gasteiger partial charge in [0.1, 0.15) is 33.0 Å². The Morgan fingerprint density at radius 2 is 1.80 bits per heavy atom. The first-order valence-electron chi connectivity index (χ1n) is 15.7. The number of nitrogens with one attached hydrogen (secondary N) is 1. The second-order valence-corrected chi connectivity index (χ2v) is 15.0. The lowest BCUT2D eigenvalue weighted by atomic mass is 9.85. The minimum atomic E-state index is -3.02. The summed E-state index contributed by atoms with van der Waals surface area (Å²) in [5.74, 6) is 1.81. The smallest absolute Gasteiger partial charge is 0.325 e. The summed E-state index contributed by atoms with van der Waals surface area (Å²) < 4.78 is 36.3. The highest BCUT2D eigenvalue weighted by Gasteiger charge is 2.34. The molecule has 2 fully saturated rings. The molecule has 1 amide bonds. The molecule has 2 aromatic heterocycles. The van der Waals surface area contributed by atoms with E-state index in [1.54, 1.807) is 20.0 Å². The molecule has 3 heterocycles. The standard InChI is InChI=1S/C32H44N6O6S/c1-32(2,33)30(40)44-24-13-17-37(18-14-24)29(39)22-8-10-23(11-9-22)35-31-34-16-12-28(36-31)38-19-15-25-26(38)6-4-7-27(25)43-20-5-21-45(3,41)42/h4,6-7,12,15-16,19,22-24H,5,8-11,13-14,17-18,20-21,33H2,1-3H3,(H,34,35,36)/t22-,23-. The first kappa shape index (κ1) is 32.7. The Balaban J connectivity index is 1.13. The summed E-state index contributed by atoms with van der Waals surface area (Å²) in [5.41, 5.74) is 5.74. The zero-order valence-electron chi connectivity index (χ0n) is 26.3. The van der Waals surface area contributed by atoms with Gasteiger partial charge in [0, 0.05) is 61.9 Å². The van der Waals surface area contributed by atoms with Crippen LogP contribution in [0.4, 0.5) is 5.95 Å². The number of carbonyl (C=O) groups excluding carboxylic acids is 2. The summed E-state index contributed by atoms with van der Waals surface area (Å²) >= 11 is 0. The molecule has 12 nitrogen and oxygen atoms in total. The minimum Gasteiger partial charge on any atom is -0.493 e. The second kappa shape index (κ2) is 13.7. The molecule has 3 aromatic rings. The molecule has 0 unspecified atom stereocenters. The van der Waals surface area contributed by atoms with E-state index in [1.807, 2.05) is 46.0 Å². The third-order valence-corrected chi connectivity index (χ3v) is 9.49. The highest BCUT2D eigenvalue weighted by molar-refractivity contribution is 7.90. The Kier molecular flexibility index (Phi) is 9.97. The number of benzene rings is 1. The number of likely N-dealkylation sites (tertiary alicyclic amines) is 1. The summed E-state index contributed by atoms with van der Waals surface area (Å²) in [6.07, 6.45) is 9.66. The first-order valence-corrected chi connectivity index (χ1v) is 17.7. The molecule has 0 atom stereocenters. The predicted octanol–water partition coefficient (Wildman–Crippen LogP) is 3.48. The van der Waals surface area contributed by atoms with Crippen LogP contribution in [0, 0.1) is 5.92 Å². The maximum Gasteiger partial charge on any atom is 0.325 e. The van der Waals surface area contributed by atoms with E-state index in [1.165, 1.54) is 6.26 Å². The molecule has 244 valence electrons. The van der Waals surface area contributed by atoms with E-state index in [0.29, 0.717) is 56.5 Å². The van der Waals surface area contributed by atoms with Crippen molar-refractivity contribution in [3.63, 3.8) is 0 Å². The van der Waals surface area contributed by atoms with Crippen molar-refractivity contribution in [2.75, 3.05) is 37.0 Å². The minimum absolute atomic E-state index is 0.00796. The number of nitrogens with zero attached hydrogens (tertiary/aromatic N) is 4. The van der Waals surface area contributed by atoms with E-state index in [9.17, 15) is 18.0 Å². The van der Waals surface area contributed by atoms with Crippen LogP contribution in [0.5, 0.6) is 5.75 Å². The lowest BCUT2D eigenvalue weighted by Crippen LogP contribution is -2.48. The van der Waals surface area contributed by atoms with E-state index in [-0.39, 0.29) is 29.7 Å². The number of piperidine rings is 1. The third-order valence-electron chi connectivity index (χ3n) is 8.46. The zero-order valence-corrected chi connectivity index (χ0v) is 27.1. The summed E-state index contributed by atoms with van der Waals surface area (Å²) in [7, 11) is -3.02. The highest BCUT2D eigenvalue weighted by atomic mass is 32.2. The number of anilines is 1.